The largest absolute Gasteiger partial charge is 0.493 e. The molecule has 1 heterocycles. The van der Waals surface area contributed by atoms with E-state index in [0.717, 1.165) is 11.3 Å². The highest BCUT2D eigenvalue weighted by atomic mass is 16.5. The van der Waals surface area contributed by atoms with Crippen LogP contribution in [0, 0.1) is 0 Å². The number of aromatic nitrogens is 1. The number of rotatable bonds is 6. The van der Waals surface area contributed by atoms with E-state index in [-0.39, 0.29) is 0 Å². The van der Waals surface area contributed by atoms with Gasteiger partial charge in [0, 0.05) is 6.20 Å². The zero-order chi connectivity index (χ0) is 14.2. The number of hydrogen-bond donors (Lipinski definition) is 0. The molecule has 0 aliphatic rings. The number of azo groups is 1. The number of nitrogens with zero attached hydrogens (tertiary/aromatic N) is 3. The predicted octanol–water partition coefficient (Wildman–Crippen LogP) is 3.77. The van der Waals surface area contributed by atoms with Gasteiger partial charge in [0.05, 0.1) is 20.3 Å². The van der Waals surface area contributed by atoms with Crippen LogP contribution in [0.15, 0.2) is 52.8 Å². The first-order chi connectivity index (χ1) is 9.83. The van der Waals surface area contributed by atoms with E-state index in [1.54, 1.807) is 13.3 Å². The lowest BCUT2D eigenvalue weighted by atomic mass is 10.2. The maximum atomic E-state index is 5.47. The summed E-state index contributed by atoms with van der Waals surface area (Å²) in [6.45, 7) is 3.02. The van der Waals surface area contributed by atoms with E-state index in [4.69, 9.17) is 9.47 Å². The monoisotopic (exact) mass is 271 g/mol. The third-order valence-electron chi connectivity index (χ3n) is 2.60. The normalized spacial score (nSPS) is 10.7. The van der Waals surface area contributed by atoms with Crippen LogP contribution in [0.25, 0.3) is 0 Å². The second kappa shape index (κ2) is 7.23. The summed E-state index contributed by atoms with van der Waals surface area (Å²) < 4.78 is 10.8. The van der Waals surface area contributed by atoms with E-state index < -0.39 is 0 Å². The molecule has 0 spiro atoms. The summed E-state index contributed by atoms with van der Waals surface area (Å²) in [7, 11) is 1.62. The first kappa shape index (κ1) is 14.0. The van der Waals surface area contributed by atoms with E-state index in [1.165, 1.54) is 0 Å². The third-order valence-corrected chi connectivity index (χ3v) is 2.60. The molecule has 0 saturated heterocycles. The zero-order valence-corrected chi connectivity index (χ0v) is 11.6. The average Bonchev–Trinajstić information content (AvgIpc) is 2.50. The van der Waals surface area contributed by atoms with E-state index in [9.17, 15) is 0 Å². The molecule has 0 radical (unpaired) electrons. The average molecular weight is 271 g/mol. The van der Waals surface area contributed by atoms with E-state index >= 15 is 0 Å². The van der Waals surface area contributed by atoms with Gasteiger partial charge >= 0.3 is 0 Å². The SMILES string of the molecule is CCOc1ccc(CN=Nc2ccccn2)cc1OC. The van der Waals surface area contributed by atoms with Crippen LogP contribution in [-0.4, -0.2) is 18.7 Å². The van der Waals surface area contributed by atoms with Crippen molar-refractivity contribution >= 4 is 5.82 Å². The van der Waals surface area contributed by atoms with Crippen LogP contribution >= 0.6 is 0 Å². The van der Waals surface area contributed by atoms with Gasteiger partial charge in [-0.15, -0.1) is 5.11 Å². The highest BCUT2D eigenvalue weighted by Crippen LogP contribution is 2.28. The van der Waals surface area contributed by atoms with Crippen molar-refractivity contribution in [2.45, 2.75) is 13.5 Å². The first-order valence-corrected chi connectivity index (χ1v) is 6.41. The summed E-state index contributed by atoms with van der Waals surface area (Å²) in [5, 5.41) is 8.19. The third kappa shape index (κ3) is 3.78. The van der Waals surface area contributed by atoms with E-state index in [1.807, 2.05) is 43.3 Å². The van der Waals surface area contributed by atoms with Gasteiger partial charge in [-0.3, -0.25) is 0 Å². The fraction of sp³-hybridized carbons (Fsp3) is 0.267. The Morgan fingerprint density at radius 3 is 2.75 bits per heavy atom. The van der Waals surface area contributed by atoms with Crippen LogP contribution in [0.3, 0.4) is 0 Å². The van der Waals surface area contributed by atoms with E-state index in [0.29, 0.717) is 24.7 Å². The molecule has 0 aliphatic carbocycles. The van der Waals surface area contributed by atoms with Crippen LogP contribution in [0.5, 0.6) is 11.5 Å². The van der Waals surface area contributed by atoms with Crippen molar-refractivity contribution in [1.29, 1.82) is 0 Å². The van der Waals surface area contributed by atoms with Crippen LogP contribution < -0.4 is 9.47 Å². The molecule has 2 rings (SSSR count). The maximum Gasteiger partial charge on any atom is 0.173 e. The van der Waals surface area contributed by atoms with Gasteiger partial charge in [-0.1, -0.05) is 12.1 Å². The maximum absolute atomic E-state index is 5.47. The number of pyridine rings is 1. The molecular weight excluding hydrogens is 254 g/mol. The van der Waals surface area contributed by atoms with Crippen molar-refractivity contribution in [1.82, 2.24) is 4.98 Å². The van der Waals surface area contributed by atoms with Gasteiger partial charge in [0.25, 0.3) is 0 Å². The highest BCUT2D eigenvalue weighted by molar-refractivity contribution is 5.43. The molecule has 0 fully saturated rings. The number of hydrogen-bond acceptors (Lipinski definition) is 5. The van der Waals surface area contributed by atoms with Crippen LogP contribution in [-0.2, 0) is 6.54 Å². The van der Waals surface area contributed by atoms with Crippen molar-refractivity contribution in [3.05, 3.63) is 48.2 Å². The Bertz CT molecular complexity index is 571. The predicted molar refractivity (Wildman–Crippen MR) is 76.6 cm³/mol. The molecule has 5 nitrogen and oxygen atoms in total. The Morgan fingerprint density at radius 1 is 1.15 bits per heavy atom. The number of ether oxygens (including phenoxy) is 2. The molecule has 0 amide bonds. The van der Waals surface area contributed by atoms with Crippen molar-refractivity contribution < 1.29 is 9.47 Å². The van der Waals surface area contributed by atoms with Gasteiger partial charge in [-0.25, -0.2) is 4.98 Å². The molecule has 1 aromatic carbocycles. The summed E-state index contributed by atoms with van der Waals surface area (Å²) >= 11 is 0. The topological polar surface area (TPSA) is 56.1 Å². The van der Waals surface area contributed by atoms with Gasteiger partial charge in [0.1, 0.15) is 0 Å². The molecule has 1 aromatic heterocycles. The van der Waals surface area contributed by atoms with E-state index in [2.05, 4.69) is 15.2 Å². The van der Waals surface area contributed by atoms with Crippen molar-refractivity contribution in [3.8, 4) is 11.5 Å². The summed E-state index contributed by atoms with van der Waals surface area (Å²) in [5.41, 5.74) is 1.00. The quantitative estimate of drug-likeness (QED) is 0.751. The molecule has 0 N–H and O–H groups in total. The van der Waals surface area contributed by atoms with Gasteiger partial charge in [0.2, 0.25) is 0 Å². The van der Waals surface area contributed by atoms with Gasteiger partial charge < -0.3 is 9.47 Å². The fourth-order valence-electron chi connectivity index (χ4n) is 1.69. The Balaban J connectivity index is 2.04. The summed E-state index contributed by atoms with van der Waals surface area (Å²) in [6, 6.07) is 11.3. The molecule has 0 aliphatic heterocycles. The Hall–Kier alpha value is -2.43. The van der Waals surface area contributed by atoms with Gasteiger partial charge in [-0.05, 0) is 36.8 Å². The van der Waals surface area contributed by atoms with Crippen molar-refractivity contribution in [3.63, 3.8) is 0 Å². The van der Waals surface area contributed by atoms with Crippen molar-refractivity contribution in [2.75, 3.05) is 13.7 Å². The number of methoxy groups -OCH3 is 1. The Kier molecular flexibility index (Phi) is 5.06. The van der Waals surface area contributed by atoms with Gasteiger partial charge in [-0.2, -0.15) is 5.11 Å². The lowest BCUT2D eigenvalue weighted by Crippen LogP contribution is -1.96. The molecule has 20 heavy (non-hydrogen) atoms. The zero-order valence-electron chi connectivity index (χ0n) is 11.6. The minimum Gasteiger partial charge on any atom is -0.493 e. The minimum absolute atomic E-state index is 0.472. The summed E-state index contributed by atoms with van der Waals surface area (Å²) in [6.07, 6.45) is 1.69. The highest BCUT2D eigenvalue weighted by Gasteiger charge is 2.04. The lowest BCUT2D eigenvalue weighted by molar-refractivity contribution is 0.310. The molecule has 0 unspecified atom stereocenters. The molecule has 5 heteroatoms. The Morgan fingerprint density at radius 2 is 2.05 bits per heavy atom. The van der Waals surface area contributed by atoms with Crippen molar-refractivity contribution in [2.24, 2.45) is 10.2 Å². The molecule has 0 bridgehead atoms. The molecular formula is C15H17N3O2. The number of benzene rings is 1. The van der Waals surface area contributed by atoms with Crippen LogP contribution in [0.2, 0.25) is 0 Å². The van der Waals surface area contributed by atoms with Gasteiger partial charge in [0.15, 0.2) is 17.3 Å². The fourth-order valence-corrected chi connectivity index (χ4v) is 1.69. The van der Waals surface area contributed by atoms with Crippen LogP contribution in [0.1, 0.15) is 12.5 Å². The minimum atomic E-state index is 0.472. The molecule has 104 valence electrons. The lowest BCUT2D eigenvalue weighted by Gasteiger charge is -2.09. The standard InChI is InChI=1S/C15H17N3O2/c1-3-20-13-8-7-12(10-14(13)19-2)11-17-18-15-6-4-5-9-16-15/h4-10H,3,11H2,1-2H3. The van der Waals surface area contributed by atoms with Crippen LogP contribution in [0.4, 0.5) is 5.82 Å². The smallest absolute Gasteiger partial charge is 0.173 e. The molecule has 0 saturated carbocycles. The summed E-state index contributed by atoms with van der Waals surface area (Å²) in [5.74, 6) is 2.04. The Labute approximate surface area is 118 Å². The first-order valence-electron chi connectivity index (χ1n) is 6.41. The second-order valence-electron chi connectivity index (χ2n) is 4.01. The molecule has 2 aromatic rings. The second-order valence-corrected chi connectivity index (χ2v) is 4.01. The molecule has 0 atom stereocenters. The summed E-state index contributed by atoms with van der Waals surface area (Å²) in [4.78, 5) is 4.08.